The largest absolute Gasteiger partial charge is 0.477 e. The van der Waals surface area contributed by atoms with Gasteiger partial charge in [-0.3, -0.25) is 9.59 Å². The van der Waals surface area contributed by atoms with Crippen LogP contribution in [-0.2, 0) is 9.59 Å². The highest BCUT2D eigenvalue weighted by Gasteiger charge is 2.31. The molecule has 0 bridgehead atoms. The zero-order chi connectivity index (χ0) is 19.6. The zero-order valence-corrected chi connectivity index (χ0v) is 18.1. The normalized spacial score (nSPS) is 15.6. The van der Waals surface area contributed by atoms with E-state index in [9.17, 15) is 9.59 Å². The van der Waals surface area contributed by atoms with Gasteiger partial charge < -0.3 is 20.3 Å². The summed E-state index contributed by atoms with van der Waals surface area (Å²) in [6.45, 7) is 2.37. The van der Waals surface area contributed by atoms with Crippen LogP contribution in [0.25, 0.3) is 0 Å². The maximum absolute atomic E-state index is 12.7. The minimum absolute atomic E-state index is 0.0978. The van der Waals surface area contributed by atoms with Gasteiger partial charge in [0.25, 0.3) is 5.91 Å². The summed E-state index contributed by atoms with van der Waals surface area (Å²) in [6, 6.07) is 11.3. The van der Waals surface area contributed by atoms with Gasteiger partial charge in [-0.05, 0) is 68.6 Å². The van der Waals surface area contributed by atoms with Gasteiger partial charge in [0.2, 0.25) is 5.91 Å². The number of halogens is 2. The Bertz CT molecular complexity index is 865. The summed E-state index contributed by atoms with van der Waals surface area (Å²) in [6.07, 6.45) is -0.671. The summed E-state index contributed by atoms with van der Waals surface area (Å²) in [5.41, 5.74) is 2.53. The van der Waals surface area contributed by atoms with Crippen LogP contribution in [0.3, 0.4) is 0 Å². The maximum atomic E-state index is 12.7. The summed E-state index contributed by atoms with van der Waals surface area (Å²) in [5, 5.41) is 5.52. The highest BCUT2D eigenvalue weighted by molar-refractivity contribution is 9.11. The fourth-order valence-electron chi connectivity index (χ4n) is 2.93. The third-order valence-electron chi connectivity index (χ3n) is 4.19. The van der Waals surface area contributed by atoms with E-state index in [2.05, 4.69) is 42.5 Å². The van der Waals surface area contributed by atoms with Crippen LogP contribution in [0, 0.1) is 6.92 Å². The maximum Gasteiger partial charge on any atom is 0.262 e. The average Bonchev–Trinajstić information content (AvgIpc) is 2.63. The van der Waals surface area contributed by atoms with Gasteiger partial charge in [-0.2, -0.15) is 0 Å². The number of rotatable bonds is 4. The van der Waals surface area contributed by atoms with Gasteiger partial charge in [0.15, 0.2) is 6.10 Å². The lowest BCUT2D eigenvalue weighted by molar-refractivity contribution is -0.127. The highest BCUT2D eigenvalue weighted by Crippen LogP contribution is 2.34. The highest BCUT2D eigenvalue weighted by atomic mass is 79.9. The molecule has 1 aliphatic rings. The molecule has 0 saturated carbocycles. The minimum Gasteiger partial charge on any atom is -0.477 e. The number of fused-ring (bicyclic) bond motifs is 1. The van der Waals surface area contributed by atoms with Crippen molar-refractivity contribution in [3.05, 3.63) is 50.9 Å². The van der Waals surface area contributed by atoms with Gasteiger partial charge in [-0.25, -0.2) is 0 Å². The van der Waals surface area contributed by atoms with Gasteiger partial charge in [-0.15, -0.1) is 0 Å². The molecule has 0 aromatic heterocycles. The first-order chi connectivity index (χ1) is 12.9. The summed E-state index contributed by atoms with van der Waals surface area (Å²) in [5.74, 6) is 0.175. The summed E-state index contributed by atoms with van der Waals surface area (Å²) >= 11 is 6.97. The predicted molar refractivity (Wildman–Crippen MR) is 112 cm³/mol. The Morgan fingerprint density at radius 1 is 1.22 bits per heavy atom. The predicted octanol–water partition coefficient (Wildman–Crippen LogP) is 3.47. The van der Waals surface area contributed by atoms with E-state index < -0.39 is 6.10 Å². The van der Waals surface area contributed by atoms with Crippen LogP contribution in [-0.4, -0.2) is 38.1 Å². The second kappa shape index (κ2) is 8.31. The van der Waals surface area contributed by atoms with Crippen LogP contribution in [0.4, 0.5) is 11.4 Å². The van der Waals surface area contributed by atoms with Crippen molar-refractivity contribution in [3.63, 3.8) is 0 Å². The number of nitrogens with zero attached hydrogens (tertiary/aromatic N) is 1. The van der Waals surface area contributed by atoms with Crippen LogP contribution in [0.5, 0.6) is 5.75 Å². The van der Waals surface area contributed by atoms with E-state index in [1.165, 1.54) is 0 Å². The lowest BCUT2D eigenvalue weighted by atomic mass is 10.1. The first-order valence-corrected chi connectivity index (χ1v) is 9.95. The molecule has 2 aromatic rings. The van der Waals surface area contributed by atoms with Crippen molar-refractivity contribution < 1.29 is 14.3 Å². The van der Waals surface area contributed by atoms with E-state index in [0.29, 0.717) is 18.0 Å². The molecule has 2 aromatic carbocycles. The Morgan fingerprint density at radius 3 is 2.56 bits per heavy atom. The molecule has 3 rings (SSSR count). The molecule has 142 valence electrons. The Labute approximate surface area is 174 Å². The fraction of sp³-hybridized carbons (Fsp3) is 0.263. The topological polar surface area (TPSA) is 70.7 Å². The first kappa shape index (κ1) is 19.7. The Morgan fingerprint density at radius 2 is 1.89 bits per heavy atom. The van der Waals surface area contributed by atoms with Crippen molar-refractivity contribution in [1.29, 1.82) is 0 Å². The van der Waals surface area contributed by atoms with Gasteiger partial charge in [0, 0.05) is 16.0 Å². The number of ether oxygens (including phenoxy) is 1. The molecule has 0 radical (unpaired) electrons. The van der Waals surface area contributed by atoms with Crippen molar-refractivity contribution in [3.8, 4) is 5.75 Å². The Hall–Kier alpha value is -2.06. The quantitative estimate of drug-likeness (QED) is 0.679. The van der Waals surface area contributed by atoms with Crippen LogP contribution in [0.2, 0.25) is 0 Å². The number of benzene rings is 2. The molecule has 2 amide bonds. The van der Waals surface area contributed by atoms with Gasteiger partial charge in [0.05, 0.1) is 24.5 Å². The van der Waals surface area contributed by atoms with E-state index in [4.69, 9.17) is 4.74 Å². The molecule has 6 nitrogen and oxygen atoms in total. The number of carbonyl (C=O) groups is 2. The second-order valence-corrected chi connectivity index (χ2v) is 7.93. The van der Waals surface area contributed by atoms with Crippen molar-refractivity contribution >= 4 is 55.0 Å². The third kappa shape index (κ3) is 4.44. The third-order valence-corrected chi connectivity index (χ3v) is 5.44. The van der Waals surface area contributed by atoms with Crippen LogP contribution in [0.15, 0.2) is 45.3 Å². The number of para-hydroxylation sites is 2. The minimum atomic E-state index is -0.671. The van der Waals surface area contributed by atoms with Crippen LogP contribution in [0.1, 0.15) is 5.56 Å². The number of carbonyl (C=O) groups excluding carboxylic acids is 2. The number of amides is 2. The zero-order valence-electron chi connectivity index (χ0n) is 14.9. The molecule has 0 saturated heterocycles. The monoisotopic (exact) mass is 495 g/mol. The van der Waals surface area contributed by atoms with Gasteiger partial charge in [-0.1, -0.05) is 12.1 Å². The Kier molecular flexibility index (Phi) is 6.06. The number of hydrogen-bond donors (Lipinski definition) is 2. The van der Waals surface area contributed by atoms with Crippen molar-refractivity contribution in [2.45, 2.75) is 13.0 Å². The molecular formula is C19H19Br2N3O3. The molecule has 8 heteroatoms. The lowest BCUT2D eigenvalue weighted by Gasteiger charge is -2.35. The average molecular weight is 497 g/mol. The molecule has 1 aliphatic heterocycles. The number of anilines is 2. The second-order valence-electron chi connectivity index (χ2n) is 6.22. The molecular weight excluding hydrogens is 478 g/mol. The molecule has 0 aliphatic carbocycles. The smallest absolute Gasteiger partial charge is 0.262 e. The number of likely N-dealkylation sites (N-methyl/N-ethyl adjacent to an activating group) is 1. The van der Waals surface area contributed by atoms with Crippen molar-refractivity contribution in [2.24, 2.45) is 0 Å². The molecule has 0 spiro atoms. The number of aryl methyl sites for hydroxylation is 1. The summed E-state index contributed by atoms with van der Waals surface area (Å²) in [7, 11) is 1.57. The van der Waals surface area contributed by atoms with E-state index in [-0.39, 0.29) is 18.4 Å². The molecule has 27 heavy (non-hydrogen) atoms. The lowest BCUT2D eigenvalue weighted by Crippen LogP contribution is -2.50. The molecule has 1 unspecified atom stereocenters. The Balaban J connectivity index is 1.79. The van der Waals surface area contributed by atoms with E-state index in [1.807, 2.05) is 42.2 Å². The molecule has 1 atom stereocenters. The van der Waals surface area contributed by atoms with Crippen LogP contribution >= 0.6 is 31.9 Å². The molecule has 0 fully saturated rings. The number of nitrogens with one attached hydrogen (secondary N) is 2. The van der Waals surface area contributed by atoms with Gasteiger partial charge in [0.1, 0.15) is 5.75 Å². The summed E-state index contributed by atoms with van der Waals surface area (Å²) < 4.78 is 7.36. The SMILES string of the molecule is CNC(=O)C1CN(CC(=O)Nc2c(Br)cc(C)cc2Br)c2ccccc2O1. The van der Waals surface area contributed by atoms with E-state index in [0.717, 1.165) is 20.2 Å². The summed E-state index contributed by atoms with van der Waals surface area (Å²) in [4.78, 5) is 26.6. The van der Waals surface area contributed by atoms with E-state index >= 15 is 0 Å². The first-order valence-electron chi connectivity index (χ1n) is 8.36. The standard InChI is InChI=1S/C19H19Br2N3O3/c1-11-7-12(20)18(13(21)8-11)23-17(25)10-24-9-16(19(26)22-2)27-15-6-4-3-5-14(15)24/h3-8,16H,9-10H2,1-2H3,(H,22,26)(H,23,25). The van der Waals surface area contributed by atoms with Gasteiger partial charge >= 0.3 is 0 Å². The number of hydrogen-bond acceptors (Lipinski definition) is 4. The fourth-order valence-corrected chi connectivity index (χ4v) is 4.54. The van der Waals surface area contributed by atoms with Crippen molar-refractivity contribution in [2.75, 3.05) is 30.4 Å². The molecule has 1 heterocycles. The van der Waals surface area contributed by atoms with Crippen LogP contribution < -0.4 is 20.3 Å². The van der Waals surface area contributed by atoms with E-state index in [1.54, 1.807) is 13.1 Å². The van der Waals surface area contributed by atoms with Crippen molar-refractivity contribution in [1.82, 2.24) is 5.32 Å². The molecule has 2 N–H and O–H groups in total.